The number of nitrogens with two attached hydrogens (primary N) is 1. The number of halogens is 4. The number of hydrazine groups is 1. The van der Waals surface area contributed by atoms with Crippen LogP contribution in [0.2, 0.25) is 5.02 Å². The number of thiophene rings is 1. The second-order valence-electron chi connectivity index (χ2n) is 4.15. The molecular formula is C13H8ClF3N2O2S. The Labute approximate surface area is 131 Å². The van der Waals surface area contributed by atoms with Crippen LogP contribution in [-0.4, -0.2) is 16.8 Å². The summed E-state index contributed by atoms with van der Waals surface area (Å²) in [6.07, 6.45) is -4.51. The number of amides is 2. The van der Waals surface area contributed by atoms with Crippen molar-refractivity contribution in [3.05, 3.63) is 56.7 Å². The fourth-order valence-corrected chi connectivity index (χ4v) is 2.66. The lowest BCUT2D eigenvalue weighted by Gasteiger charge is -2.14. The molecule has 2 rings (SSSR count). The van der Waals surface area contributed by atoms with E-state index in [0.29, 0.717) is 5.01 Å². The summed E-state index contributed by atoms with van der Waals surface area (Å²) in [6, 6.07) is 4.85. The lowest BCUT2D eigenvalue weighted by Crippen LogP contribution is -2.42. The highest BCUT2D eigenvalue weighted by Crippen LogP contribution is 2.29. The minimum absolute atomic E-state index is 0.0735. The van der Waals surface area contributed by atoms with Crippen molar-refractivity contribution in [2.24, 2.45) is 5.84 Å². The molecule has 1 aromatic carbocycles. The van der Waals surface area contributed by atoms with Gasteiger partial charge in [0.25, 0.3) is 11.8 Å². The van der Waals surface area contributed by atoms with Crippen LogP contribution in [0.3, 0.4) is 0 Å². The Balaban J connectivity index is 2.21. The van der Waals surface area contributed by atoms with Gasteiger partial charge in [-0.1, -0.05) is 11.6 Å². The van der Waals surface area contributed by atoms with E-state index in [1.165, 1.54) is 6.07 Å². The van der Waals surface area contributed by atoms with Gasteiger partial charge in [0.15, 0.2) is 0 Å². The third-order valence-electron chi connectivity index (χ3n) is 2.71. The molecule has 9 heteroatoms. The van der Waals surface area contributed by atoms with E-state index < -0.39 is 23.6 Å². The average molecular weight is 349 g/mol. The van der Waals surface area contributed by atoms with Crippen molar-refractivity contribution in [1.29, 1.82) is 0 Å². The SMILES string of the molecule is NN(C(=O)c1ccc(C(F)(F)F)cc1)C(=O)c1sccc1Cl. The zero-order chi connectivity index (χ0) is 16.5. The third kappa shape index (κ3) is 3.29. The molecule has 0 saturated carbocycles. The van der Waals surface area contributed by atoms with E-state index in [2.05, 4.69) is 0 Å². The van der Waals surface area contributed by atoms with Gasteiger partial charge in [-0.3, -0.25) is 9.59 Å². The highest BCUT2D eigenvalue weighted by Gasteiger charge is 2.31. The number of carbonyl (C=O) groups excluding carboxylic acids is 2. The van der Waals surface area contributed by atoms with E-state index in [1.807, 2.05) is 0 Å². The molecule has 2 N–H and O–H groups in total. The van der Waals surface area contributed by atoms with Crippen molar-refractivity contribution in [3.63, 3.8) is 0 Å². The fourth-order valence-electron chi connectivity index (χ4n) is 1.59. The van der Waals surface area contributed by atoms with Crippen molar-refractivity contribution in [2.75, 3.05) is 0 Å². The Kier molecular flexibility index (Phi) is 4.55. The Morgan fingerprint density at radius 1 is 1.09 bits per heavy atom. The summed E-state index contributed by atoms with van der Waals surface area (Å²) in [5, 5.41) is 2.01. The fraction of sp³-hybridized carbons (Fsp3) is 0.0769. The summed E-state index contributed by atoms with van der Waals surface area (Å²) >= 11 is 6.77. The zero-order valence-electron chi connectivity index (χ0n) is 10.7. The predicted molar refractivity (Wildman–Crippen MR) is 75.5 cm³/mol. The maximum absolute atomic E-state index is 12.5. The molecule has 0 spiro atoms. The van der Waals surface area contributed by atoms with Crippen molar-refractivity contribution in [2.45, 2.75) is 6.18 Å². The first kappa shape index (κ1) is 16.5. The van der Waals surface area contributed by atoms with Gasteiger partial charge in [-0.2, -0.15) is 13.2 Å². The summed E-state index contributed by atoms with van der Waals surface area (Å²) in [6.45, 7) is 0. The average Bonchev–Trinajstić information content (AvgIpc) is 2.90. The topological polar surface area (TPSA) is 63.4 Å². The number of hydrogen-bond donors (Lipinski definition) is 1. The van der Waals surface area contributed by atoms with Gasteiger partial charge in [0, 0.05) is 5.56 Å². The molecule has 2 amide bonds. The van der Waals surface area contributed by atoms with Crippen molar-refractivity contribution >= 4 is 34.8 Å². The Hall–Kier alpha value is -1.90. The molecule has 4 nitrogen and oxygen atoms in total. The Bertz CT molecular complexity index is 713. The number of alkyl halides is 3. The largest absolute Gasteiger partial charge is 0.416 e. The smallest absolute Gasteiger partial charge is 0.267 e. The van der Waals surface area contributed by atoms with Crippen LogP contribution in [-0.2, 0) is 6.18 Å². The molecule has 0 atom stereocenters. The van der Waals surface area contributed by atoms with E-state index in [0.717, 1.165) is 35.6 Å². The van der Waals surface area contributed by atoms with Crippen LogP contribution in [0.4, 0.5) is 13.2 Å². The maximum Gasteiger partial charge on any atom is 0.416 e. The molecule has 0 aliphatic carbocycles. The summed E-state index contributed by atoms with van der Waals surface area (Å²) < 4.78 is 37.4. The van der Waals surface area contributed by atoms with Gasteiger partial charge < -0.3 is 0 Å². The first-order valence-electron chi connectivity index (χ1n) is 5.75. The standard InChI is InChI=1S/C13H8ClF3N2O2S/c14-9-5-6-22-10(9)12(21)19(18)11(20)7-1-3-8(4-2-7)13(15,16)17/h1-6H,18H2. The summed E-state index contributed by atoms with van der Waals surface area (Å²) in [7, 11) is 0. The van der Waals surface area contributed by atoms with Gasteiger partial charge in [-0.25, -0.2) is 10.9 Å². The van der Waals surface area contributed by atoms with Gasteiger partial charge in [0.1, 0.15) is 4.88 Å². The maximum atomic E-state index is 12.5. The highest BCUT2D eigenvalue weighted by molar-refractivity contribution is 7.12. The van der Waals surface area contributed by atoms with Crippen LogP contribution in [0.1, 0.15) is 25.6 Å². The molecule has 0 unspecified atom stereocenters. The molecular weight excluding hydrogens is 341 g/mol. The molecule has 0 fully saturated rings. The number of nitrogens with zero attached hydrogens (tertiary/aromatic N) is 1. The molecule has 0 aliphatic rings. The molecule has 22 heavy (non-hydrogen) atoms. The van der Waals surface area contributed by atoms with E-state index in [1.54, 1.807) is 5.38 Å². The second kappa shape index (κ2) is 6.07. The van der Waals surface area contributed by atoms with Crippen LogP contribution < -0.4 is 5.84 Å². The van der Waals surface area contributed by atoms with Gasteiger partial charge in [0.2, 0.25) is 0 Å². The molecule has 116 valence electrons. The van der Waals surface area contributed by atoms with E-state index >= 15 is 0 Å². The van der Waals surface area contributed by atoms with Crippen LogP contribution in [0, 0.1) is 0 Å². The van der Waals surface area contributed by atoms with Gasteiger partial charge >= 0.3 is 6.18 Å². The minimum atomic E-state index is -4.51. The summed E-state index contributed by atoms with van der Waals surface area (Å²) in [5.74, 6) is 3.68. The summed E-state index contributed by atoms with van der Waals surface area (Å²) in [4.78, 5) is 24.1. The van der Waals surface area contributed by atoms with Gasteiger partial charge in [0.05, 0.1) is 10.6 Å². The molecule has 0 saturated heterocycles. The monoisotopic (exact) mass is 348 g/mol. The number of imide groups is 1. The van der Waals surface area contributed by atoms with Crippen LogP contribution >= 0.6 is 22.9 Å². The minimum Gasteiger partial charge on any atom is -0.267 e. The number of benzene rings is 1. The number of carbonyl (C=O) groups is 2. The first-order chi connectivity index (χ1) is 10.2. The van der Waals surface area contributed by atoms with Crippen LogP contribution in [0.5, 0.6) is 0 Å². The van der Waals surface area contributed by atoms with Crippen molar-refractivity contribution in [1.82, 2.24) is 5.01 Å². The third-order valence-corrected chi connectivity index (χ3v) is 4.04. The predicted octanol–water partition coefficient (Wildman–Crippen LogP) is 3.58. The molecule has 0 aliphatic heterocycles. The normalized spacial score (nSPS) is 11.3. The quantitative estimate of drug-likeness (QED) is 0.390. The summed E-state index contributed by atoms with van der Waals surface area (Å²) in [5.41, 5.74) is -1.04. The second-order valence-corrected chi connectivity index (χ2v) is 5.48. The van der Waals surface area contributed by atoms with Crippen LogP contribution in [0.15, 0.2) is 35.7 Å². The van der Waals surface area contributed by atoms with E-state index in [9.17, 15) is 22.8 Å². The van der Waals surface area contributed by atoms with E-state index in [4.69, 9.17) is 17.4 Å². The Morgan fingerprint density at radius 2 is 1.68 bits per heavy atom. The molecule has 2 aromatic rings. The molecule has 1 heterocycles. The molecule has 0 bridgehead atoms. The highest BCUT2D eigenvalue weighted by atomic mass is 35.5. The van der Waals surface area contributed by atoms with Crippen molar-refractivity contribution in [3.8, 4) is 0 Å². The van der Waals surface area contributed by atoms with Crippen molar-refractivity contribution < 1.29 is 22.8 Å². The number of hydrogen-bond acceptors (Lipinski definition) is 4. The zero-order valence-corrected chi connectivity index (χ0v) is 12.3. The molecule has 1 aromatic heterocycles. The first-order valence-corrected chi connectivity index (χ1v) is 7.01. The lowest BCUT2D eigenvalue weighted by atomic mass is 10.1. The van der Waals surface area contributed by atoms with Gasteiger partial charge in [-0.15, -0.1) is 11.3 Å². The number of rotatable bonds is 2. The van der Waals surface area contributed by atoms with Crippen LogP contribution in [0.25, 0.3) is 0 Å². The van der Waals surface area contributed by atoms with E-state index in [-0.39, 0.29) is 15.5 Å². The van der Waals surface area contributed by atoms with Gasteiger partial charge in [-0.05, 0) is 35.7 Å². The molecule has 0 radical (unpaired) electrons. The lowest BCUT2D eigenvalue weighted by molar-refractivity contribution is -0.137. The Morgan fingerprint density at radius 3 is 2.14 bits per heavy atom.